The summed E-state index contributed by atoms with van der Waals surface area (Å²) in [5, 5.41) is 7.31. The number of nitrogens with zero attached hydrogens (tertiary/aromatic N) is 4. The van der Waals surface area contributed by atoms with E-state index in [1.165, 1.54) is 11.1 Å². The molecule has 1 N–H and O–H groups in total. The first-order valence-electron chi connectivity index (χ1n) is 9.80. The van der Waals surface area contributed by atoms with Gasteiger partial charge in [0.25, 0.3) is 0 Å². The highest BCUT2D eigenvalue weighted by Gasteiger charge is 2.26. The molecule has 0 unspecified atom stereocenters. The van der Waals surface area contributed by atoms with Gasteiger partial charge in [-0.25, -0.2) is 4.68 Å². The van der Waals surface area contributed by atoms with Crippen LogP contribution in [0.15, 0.2) is 36.5 Å². The van der Waals surface area contributed by atoms with Crippen molar-refractivity contribution in [2.75, 3.05) is 31.5 Å². The molecule has 1 amide bonds. The van der Waals surface area contributed by atoms with Gasteiger partial charge in [-0.1, -0.05) is 29.8 Å². The number of aromatic nitrogens is 2. The maximum Gasteiger partial charge on any atom is 0.242 e. The van der Waals surface area contributed by atoms with Gasteiger partial charge in [-0.05, 0) is 33.3 Å². The number of carbonyl (C=O) groups excluding carboxylic acids is 1. The van der Waals surface area contributed by atoms with Crippen molar-refractivity contribution in [3.05, 3.63) is 47.7 Å². The molecule has 6 nitrogen and oxygen atoms in total. The zero-order valence-corrected chi connectivity index (χ0v) is 16.9. The zero-order chi connectivity index (χ0) is 19.4. The number of piperazine rings is 1. The Hall–Kier alpha value is -2.18. The fourth-order valence-corrected chi connectivity index (χ4v) is 3.60. The lowest BCUT2D eigenvalue weighted by atomic mass is 10.1. The molecule has 0 radical (unpaired) electrons. The average Bonchev–Trinajstić information content (AvgIpc) is 3.10. The molecule has 1 aliphatic heterocycles. The van der Waals surface area contributed by atoms with Crippen LogP contribution in [-0.2, 0) is 11.3 Å². The Balaban J connectivity index is 1.51. The zero-order valence-electron chi connectivity index (χ0n) is 16.9. The van der Waals surface area contributed by atoms with Crippen LogP contribution in [0.1, 0.15) is 37.9 Å². The first kappa shape index (κ1) is 19.6. The van der Waals surface area contributed by atoms with E-state index in [0.717, 1.165) is 38.5 Å². The van der Waals surface area contributed by atoms with Crippen LogP contribution < -0.4 is 5.32 Å². The maximum atomic E-state index is 12.7. The highest BCUT2D eigenvalue weighted by molar-refractivity contribution is 5.93. The SMILES string of the molecule is Cc1cccc(CN2CCN([C@@H](C)C(=O)Nc3ccnn3C(C)C)CC2)c1. The Morgan fingerprint density at radius 3 is 2.56 bits per heavy atom. The minimum atomic E-state index is -0.151. The molecule has 1 aromatic carbocycles. The van der Waals surface area contributed by atoms with Gasteiger partial charge in [0.2, 0.25) is 5.91 Å². The lowest BCUT2D eigenvalue weighted by molar-refractivity contribution is -0.121. The Morgan fingerprint density at radius 1 is 1.15 bits per heavy atom. The second-order valence-electron chi connectivity index (χ2n) is 7.72. The number of hydrogen-bond donors (Lipinski definition) is 1. The smallest absolute Gasteiger partial charge is 0.242 e. The topological polar surface area (TPSA) is 53.4 Å². The summed E-state index contributed by atoms with van der Waals surface area (Å²) in [4.78, 5) is 17.4. The number of nitrogens with one attached hydrogen (secondary N) is 1. The van der Waals surface area contributed by atoms with Crippen molar-refractivity contribution in [2.45, 2.75) is 46.3 Å². The van der Waals surface area contributed by atoms with Crippen molar-refractivity contribution >= 4 is 11.7 Å². The van der Waals surface area contributed by atoms with Gasteiger partial charge in [0.1, 0.15) is 5.82 Å². The normalized spacial score (nSPS) is 17.2. The number of carbonyl (C=O) groups is 1. The van der Waals surface area contributed by atoms with Crippen LogP contribution in [-0.4, -0.2) is 57.7 Å². The summed E-state index contributed by atoms with van der Waals surface area (Å²) in [7, 11) is 0. The van der Waals surface area contributed by atoms with Gasteiger partial charge in [0.15, 0.2) is 0 Å². The second-order valence-corrected chi connectivity index (χ2v) is 7.72. The molecule has 1 aliphatic rings. The Bertz CT molecular complexity index is 761. The molecule has 1 saturated heterocycles. The van der Waals surface area contributed by atoms with Gasteiger partial charge in [-0.3, -0.25) is 14.6 Å². The second kappa shape index (κ2) is 8.67. The molecule has 1 atom stereocenters. The molecule has 146 valence electrons. The van der Waals surface area contributed by atoms with E-state index in [4.69, 9.17) is 0 Å². The van der Waals surface area contributed by atoms with E-state index in [1.54, 1.807) is 6.20 Å². The first-order chi connectivity index (χ1) is 12.9. The summed E-state index contributed by atoms with van der Waals surface area (Å²) in [5.74, 6) is 0.796. The summed E-state index contributed by atoms with van der Waals surface area (Å²) in [6, 6.07) is 10.6. The van der Waals surface area contributed by atoms with E-state index in [2.05, 4.69) is 65.3 Å². The van der Waals surface area contributed by atoms with Crippen molar-refractivity contribution in [1.29, 1.82) is 0 Å². The van der Waals surface area contributed by atoms with Crippen molar-refractivity contribution in [1.82, 2.24) is 19.6 Å². The molecule has 0 spiro atoms. The average molecular weight is 370 g/mol. The van der Waals surface area contributed by atoms with Crippen molar-refractivity contribution in [2.24, 2.45) is 0 Å². The Morgan fingerprint density at radius 2 is 1.89 bits per heavy atom. The molecule has 2 aromatic rings. The highest BCUT2D eigenvalue weighted by atomic mass is 16.2. The van der Waals surface area contributed by atoms with E-state index in [1.807, 2.05) is 17.7 Å². The van der Waals surface area contributed by atoms with Gasteiger partial charge in [0.05, 0.1) is 12.2 Å². The van der Waals surface area contributed by atoms with Crippen LogP contribution in [0.25, 0.3) is 0 Å². The number of benzene rings is 1. The van der Waals surface area contributed by atoms with E-state index in [9.17, 15) is 4.79 Å². The molecular formula is C21H31N5O. The number of aryl methyl sites for hydroxylation is 1. The third-order valence-corrected chi connectivity index (χ3v) is 5.23. The molecule has 1 aromatic heterocycles. The quantitative estimate of drug-likeness (QED) is 0.851. The van der Waals surface area contributed by atoms with E-state index in [-0.39, 0.29) is 18.0 Å². The largest absolute Gasteiger partial charge is 0.310 e. The molecular weight excluding hydrogens is 338 g/mol. The number of anilines is 1. The molecule has 1 fully saturated rings. The Kier molecular flexibility index (Phi) is 6.29. The minimum Gasteiger partial charge on any atom is -0.310 e. The van der Waals surface area contributed by atoms with Gasteiger partial charge in [0, 0.05) is 44.8 Å². The van der Waals surface area contributed by atoms with Crippen LogP contribution in [0, 0.1) is 6.92 Å². The van der Waals surface area contributed by atoms with E-state index in [0.29, 0.717) is 0 Å². The number of amides is 1. The predicted octanol–water partition coefficient (Wildman–Crippen LogP) is 2.92. The molecule has 0 bridgehead atoms. The summed E-state index contributed by atoms with van der Waals surface area (Å²) in [6.45, 7) is 13.0. The molecule has 2 heterocycles. The van der Waals surface area contributed by atoms with Crippen molar-refractivity contribution in [3.63, 3.8) is 0 Å². The fourth-order valence-electron chi connectivity index (χ4n) is 3.60. The first-order valence-corrected chi connectivity index (χ1v) is 9.80. The van der Waals surface area contributed by atoms with Crippen LogP contribution in [0.3, 0.4) is 0 Å². The molecule has 6 heteroatoms. The third kappa shape index (κ3) is 4.96. The van der Waals surface area contributed by atoms with Gasteiger partial charge in [-0.2, -0.15) is 5.10 Å². The van der Waals surface area contributed by atoms with Crippen molar-refractivity contribution in [3.8, 4) is 0 Å². The summed E-state index contributed by atoms with van der Waals surface area (Å²) < 4.78 is 1.84. The standard InChI is InChI=1S/C21H31N5O/c1-16(2)26-20(8-9-22-26)23-21(27)18(4)25-12-10-24(11-13-25)15-19-7-5-6-17(3)14-19/h5-9,14,16,18H,10-13,15H2,1-4H3,(H,23,27)/t18-/m0/s1. The van der Waals surface area contributed by atoms with Crippen LogP contribution in [0.4, 0.5) is 5.82 Å². The fraction of sp³-hybridized carbons (Fsp3) is 0.524. The van der Waals surface area contributed by atoms with Gasteiger partial charge in [-0.15, -0.1) is 0 Å². The molecule has 0 aliphatic carbocycles. The van der Waals surface area contributed by atoms with E-state index >= 15 is 0 Å². The third-order valence-electron chi connectivity index (χ3n) is 5.23. The molecule has 3 rings (SSSR count). The molecule has 0 saturated carbocycles. The molecule has 27 heavy (non-hydrogen) atoms. The minimum absolute atomic E-state index is 0.0320. The maximum absolute atomic E-state index is 12.7. The highest BCUT2D eigenvalue weighted by Crippen LogP contribution is 2.16. The summed E-state index contributed by atoms with van der Waals surface area (Å²) in [6.07, 6.45) is 1.73. The lowest BCUT2D eigenvalue weighted by Gasteiger charge is -2.37. The number of hydrogen-bond acceptors (Lipinski definition) is 4. The van der Waals surface area contributed by atoms with Crippen LogP contribution in [0.5, 0.6) is 0 Å². The Labute approximate surface area is 162 Å². The summed E-state index contributed by atoms with van der Waals surface area (Å²) in [5.41, 5.74) is 2.66. The monoisotopic (exact) mass is 369 g/mol. The number of rotatable bonds is 6. The summed E-state index contributed by atoms with van der Waals surface area (Å²) >= 11 is 0. The van der Waals surface area contributed by atoms with Gasteiger partial charge >= 0.3 is 0 Å². The van der Waals surface area contributed by atoms with Crippen molar-refractivity contribution < 1.29 is 4.79 Å². The van der Waals surface area contributed by atoms with Crippen LogP contribution in [0.2, 0.25) is 0 Å². The lowest BCUT2D eigenvalue weighted by Crippen LogP contribution is -2.52. The van der Waals surface area contributed by atoms with Gasteiger partial charge < -0.3 is 5.32 Å². The van der Waals surface area contributed by atoms with Crippen LogP contribution >= 0.6 is 0 Å². The van der Waals surface area contributed by atoms with E-state index < -0.39 is 0 Å². The predicted molar refractivity (Wildman–Crippen MR) is 109 cm³/mol.